The normalized spacial score (nSPS) is 14.1. The average molecular weight is 444 g/mol. The molecule has 5 heteroatoms. The third kappa shape index (κ3) is 4.79. The number of likely N-dealkylation sites (N-methyl/N-ethyl adjacent to an activating group) is 1. The Morgan fingerprint density at radius 1 is 1.06 bits per heavy atom. The lowest BCUT2D eigenvalue weighted by molar-refractivity contribution is 0.0716. The Bertz CT molecular complexity index is 1150. The van der Waals surface area contributed by atoms with E-state index in [1.54, 1.807) is 0 Å². The molecule has 1 unspecified atom stereocenters. The standard InChI is InChI=1S/C28H33N3O2/c1-4-6-14-22(30(3)5-2)19-31-18-21-13-10-17-25(26(21)28(31)33)29-27(32)24-16-9-12-20-11-7-8-15-23(20)24/h7-13,15-17,22H,4-6,14,18-19H2,1-3H3,(H,29,32). The number of nitrogens with zero attached hydrogens (tertiary/aromatic N) is 2. The van der Waals surface area contributed by atoms with Crippen LogP contribution in [-0.4, -0.2) is 47.8 Å². The monoisotopic (exact) mass is 443 g/mol. The number of carbonyl (C=O) groups is 2. The molecule has 33 heavy (non-hydrogen) atoms. The molecule has 0 saturated carbocycles. The lowest BCUT2D eigenvalue weighted by Gasteiger charge is -2.31. The predicted octanol–water partition coefficient (Wildman–Crippen LogP) is 5.56. The Hall–Kier alpha value is -3.18. The number of fused-ring (bicyclic) bond motifs is 2. The topological polar surface area (TPSA) is 52.7 Å². The van der Waals surface area contributed by atoms with Gasteiger partial charge in [-0.2, -0.15) is 0 Å². The summed E-state index contributed by atoms with van der Waals surface area (Å²) in [5.74, 6) is -0.192. The second kappa shape index (κ2) is 10.2. The summed E-state index contributed by atoms with van der Waals surface area (Å²) in [7, 11) is 2.13. The van der Waals surface area contributed by atoms with Gasteiger partial charge in [-0.1, -0.05) is 75.2 Å². The first kappa shape index (κ1) is 23.0. The number of carbonyl (C=O) groups excluding carboxylic acids is 2. The quantitative estimate of drug-likeness (QED) is 0.471. The van der Waals surface area contributed by atoms with Gasteiger partial charge >= 0.3 is 0 Å². The van der Waals surface area contributed by atoms with E-state index in [1.807, 2.05) is 65.6 Å². The van der Waals surface area contributed by atoms with Crippen LogP contribution in [0.2, 0.25) is 0 Å². The van der Waals surface area contributed by atoms with Crippen LogP contribution in [0.4, 0.5) is 5.69 Å². The van der Waals surface area contributed by atoms with Crippen LogP contribution in [0.25, 0.3) is 10.8 Å². The summed E-state index contributed by atoms with van der Waals surface area (Å²) < 4.78 is 0. The van der Waals surface area contributed by atoms with Crippen LogP contribution in [0, 0.1) is 0 Å². The summed E-state index contributed by atoms with van der Waals surface area (Å²) in [5, 5.41) is 4.95. The van der Waals surface area contributed by atoms with Gasteiger partial charge in [-0.05, 0) is 48.5 Å². The van der Waals surface area contributed by atoms with E-state index in [-0.39, 0.29) is 11.8 Å². The maximum absolute atomic E-state index is 13.4. The van der Waals surface area contributed by atoms with Crippen molar-refractivity contribution in [2.45, 2.75) is 45.7 Å². The highest BCUT2D eigenvalue weighted by molar-refractivity contribution is 6.15. The van der Waals surface area contributed by atoms with Crippen LogP contribution in [0.15, 0.2) is 60.7 Å². The summed E-state index contributed by atoms with van der Waals surface area (Å²) in [4.78, 5) is 30.9. The maximum atomic E-state index is 13.4. The second-order valence-corrected chi connectivity index (χ2v) is 8.88. The molecule has 4 rings (SSSR count). The summed E-state index contributed by atoms with van der Waals surface area (Å²) in [6, 6.07) is 19.6. The Balaban J connectivity index is 1.56. The van der Waals surface area contributed by atoms with E-state index in [0.717, 1.165) is 42.1 Å². The molecule has 172 valence electrons. The average Bonchev–Trinajstić information content (AvgIpc) is 3.16. The Morgan fingerprint density at radius 2 is 1.82 bits per heavy atom. The molecule has 5 nitrogen and oxygen atoms in total. The highest BCUT2D eigenvalue weighted by Crippen LogP contribution is 2.31. The molecule has 1 N–H and O–H groups in total. The molecule has 1 aliphatic rings. The first-order chi connectivity index (χ1) is 16.0. The lowest BCUT2D eigenvalue weighted by atomic mass is 10.0. The number of hydrogen-bond acceptors (Lipinski definition) is 3. The van der Waals surface area contributed by atoms with E-state index in [4.69, 9.17) is 0 Å². The first-order valence-electron chi connectivity index (χ1n) is 11.9. The minimum atomic E-state index is -0.196. The number of nitrogens with one attached hydrogen (secondary N) is 1. The Labute approximate surface area is 196 Å². The van der Waals surface area contributed by atoms with Gasteiger partial charge < -0.3 is 15.1 Å². The van der Waals surface area contributed by atoms with Gasteiger partial charge in [0.05, 0.1) is 11.3 Å². The zero-order chi connectivity index (χ0) is 23.4. The maximum Gasteiger partial charge on any atom is 0.256 e. The second-order valence-electron chi connectivity index (χ2n) is 8.88. The SMILES string of the molecule is CCCCC(CN1Cc2cccc(NC(=O)c3cccc4ccccc34)c2C1=O)N(C)CC. The number of rotatable bonds is 9. The lowest BCUT2D eigenvalue weighted by Crippen LogP contribution is -2.42. The summed E-state index contributed by atoms with van der Waals surface area (Å²) >= 11 is 0. The highest BCUT2D eigenvalue weighted by atomic mass is 16.2. The van der Waals surface area contributed by atoms with E-state index in [2.05, 4.69) is 31.1 Å². The van der Waals surface area contributed by atoms with Crippen molar-refractivity contribution < 1.29 is 9.59 Å². The minimum Gasteiger partial charge on any atom is -0.333 e. The van der Waals surface area contributed by atoms with Crippen molar-refractivity contribution in [1.82, 2.24) is 9.80 Å². The molecule has 0 spiro atoms. The smallest absolute Gasteiger partial charge is 0.256 e. The van der Waals surface area contributed by atoms with E-state index in [9.17, 15) is 9.59 Å². The molecule has 0 saturated heterocycles. The molecule has 3 aromatic carbocycles. The van der Waals surface area contributed by atoms with Crippen LogP contribution >= 0.6 is 0 Å². The van der Waals surface area contributed by atoms with Crippen molar-refractivity contribution in [2.24, 2.45) is 0 Å². The van der Waals surface area contributed by atoms with Crippen LogP contribution in [-0.2, 0) is 6.54 Å². The molecular weight excluding hydrogens is 410 g/mol. The van der Waals surface area contributed by atoms with Gasteiger partial charge in [-0.3, -0.25) is 9.59 Å². The van der Waals surface area contributed by atoms with Crippen molar-refractivity contribution in [1.29, 1.82) is 0 Å². The first-order valence-corrected chi connectivity index (χ1v) is 11.9. The summed E-state index contributed by atoms with van der Waals surface area (Å²) in [6.45, 7) is 6.60. The Morgan fingerprint density at radius 3 is 2.61 bits per heavy atom. The molecule has 0 fully saturated rings. The molecule has 0 radical (unpaired) electrons. The van der Waals surface area contributed by atoms with Crippen molar-refractivity contribution in [2.75, 3.05) is 25.5 Å². The van der Waals surface area contributed by atoms with Gasteiger partial charge in [0.1, 0.15) is 0 Å². The third-order valence-corrected chi connectivity index (χ3v) is 6.74. The predicted molar refractivity (Wildman–Crippen MR) is 135 cm³/mol. The van der Waals surface area contributed by atoms with Crippen LogP contribution < -0.4 is 5.32 Å². The fourth-order valence-corrected chi connectivity index (χ4v) is 4.69. The van der Waals surface area contributed by atoms with Gasteiger partial charge in [0.15, 0.2) is 0 Å². The number of unbranched alkanes of at least 4 members (excludes halogenated alkanes) is 1. The summed E-state index contributed by atoms with van der Waals surface area (Å²) in [5.41, 5.74) is 2.80. The molecule has 1 aliphatic heterocycles. The molecule has 1 atom stereocenters. The van der Waals surface area contributed by atoms with Crippen molar-refractivity contribution in [3.8, 4) is 0 Å². The van der Waals surface area contributed by atoms with E-state index >= 15 is 0 Å². The fourth-order valence-electron chi connectivity index (χ4n) is 4.69. The number of amides is 2. The largest absolute Gasteiger partial charge is 0.333 e. The third-order valence-electron chi connectivity index (χ3n) is 6.74. The van der Waals surface area contributed by atoms with Crippen molar-refractivity contribution >= 4 is 28.3 Å². The fraction of sp³-hybridized carbons (Fsp3) is 0.357. The molecular formula is C28H33N3O2. The number of hydrogen-bond donors (Lipinski definition) is 1. The molecule has 3 aromatic rings. The van der Waals surface area contributed by atoms with Gasteiger partial charge in [0, 0.05) is 24.7 Å². The zero-order valence-corrected chi connectivity index (χ0v) is 19.8. The van der Waals surface area contributed by atoms with Crippen LogP contribution in [0.5, 0.6) is 0 Å². The van der Waals surface area contributed by atoms with Crippen molar-refractivity contribution in [3.63, 3.8) is 0 Å². The van der Waals surface area contributed by atoms with Gasteiger partial charge in [-0.25, -0.2) is 0 Å². The number of benzene rings is 3. The Kier molecular flexibility index (Phi) is 7.09. The van der Waals surface area contributed by atoms with Gasteiger partial charge in [-0.15, -0.1) is 0 Å². The zero-order valence-electron chi connectivity index (χ0n) is 19.8. The molecule has 0 aromatic heterocycles. The minimum absolute atomic E-state index is 0.00446. The van der Waals surface area contributed by atoms with Gasteiger partial charge in [0.2, 0.25) is 0 Å². The molecule has 0 bridgehead atoms. The van der Waals surface area contributed by atoms with Crippen LogP contribution in [0.3, 0.4) is 0 Å². The van der Waals surface area contributed by atoms with Crippen LogP contribution in [0.1, 0.15) is 59.4 Å². The van der Waals surface area contributed by atoms with E-state index in [0.29, 0.717) is 35.9 Å². The number of anilines is 1. The van der Waals surface area contributed by atoms with E-state index in [1.165, 1.54) is 0 Å². The molecule has 1 heterocycles. The molecule has 0 aliphatic carbocycles. The van der Waals surface area contributed by atoms with Gasteiger partial charge in [0.25, 0.3) is 11.8 Å². The van der Waals surface area contributed by atoms with Crippen molar-refractivity contribution in [3.05, 3.63) is 77.4 Å². The highest BCUT2D eigenvalue weighted by Gasteiger charge is 2.32. The summed E-state index contributed by atoms with van der Waals surface area (Å²) in [6.07, 6.45) is 3.37. The van der Waals surface area contributed by atoms with E-state index < -0.39 is 0 Å². The molecule has 2 amide bonds.